The Kier molecular flexibility index (Phi) is 9.60. The average Bonchev–Trinajstić information content (AvgIpc) is 3.27. The first-order valence-electron chi connectivity index (χ1n) is 12.1. The maximum Gasteiger partial charge on any atom is 0.213 e. The molecule has 0 atom stereocenters. The van der Waals surface area contributed by atoms with Gasteiger partial charge in [0.25, 0.3) is 0 Å². The zero-order valence-electron chi connectivity index (χ0n) is 20.4. The first-order valence-corrected chi connectivity index (χ1v) is 12.9. The number of hydrogen-bond acceptors (Lipinski definition) is 4. The molecule has 0 unspecified atom stereocenters. The van der Waals surface area contributed by atoms with Crippen LogP contribution < -0.4 is 31.2 Å². The second-order valence-electron chi connectivity index (χ2n) is 8.34. The number of aliphatic hydroxyl groups excluding tert-OH is 1. The molecule has 4 aromatic rings. The van der Waals surface area contributed by atoms with Gasteiger partial charge in [-0.15, -0.1) is 0 Å². The summed E-state index contributed by atoms with van der Waals surface area (Å²) in [6.07, 6.45) is 12.6. The molecule has 0 radical (unpaired) electrons. The smallest absolute Gasteiger partial charge is 0.213 e. The number of allylic oxidation sites excluding steroid dienone is 4. The van der Waals surface area contributed by atoms with Gasteiger partial charge in [0.2, 0.25) is 5.52 Å². The summed E-state index contributed by atoms with van der Waals surface area (Å²) in [6.45, 7) is 2.10. The Morgan fingerprint density at radius 1 is 0.865 bits per heavy atom. The van der Waals surface area contributed by atoms with E-state index in [-0.39, 0.29) is 23.6 Å². The van der Waals surface area contributed by atoms with Gasteiger partial charge < -0.3 is 31.7 Å². The number of para-hydroxylation sites is 3. The molecule has 0 bridgehead atoms. The largest absolute Gasteiger partial charge is 1.00 e. The number of aromatic nitrogens is 1. The highest BCUT2D eigenvalue weighted by Crippen LogP contribution is 2.45. The van der Waals surface area contributed by atoms with Crippen LogP contribution >= 0.6 is 11.8 Å². The fourth-order valence-electron chi connectivity index (χ4n) is 4.30. The van der Waals surface area contributed by atoms with Crippen molar-refractivity contribution in [1.82, 2.24) is 0 Å². The van der Waals surface area contributed by atoms with Crippen molar-refractivity contribution in [3.63, 3.8) is 0 Å². The van der Waals surface area contributed by atoms with E-state index in [2.05, 4.69) is 82.3 Å². The monoisotopic (exact) mass is 572 g/mol. The molecular weight excluding hydrogens is 544 g/mol. The van der Waals surface area contributed by atoms with Gasteiger partial charge in [-0.05, 0) is 42.0 Å². The van der Waals surface area contributed by atoms with Crippen LogP contribution in [0.1, 0.15) is 5.56 Å². The van der Waals surface area contributed by atoms with Gasteiger partial charge in [-0.3, -0.25) is 0 Å². The minimum absolute atomic E-state index is 0. The van der Waals surface area contributed by atoms with Crippen LogP contribution in [0.25, 0.3) is 17.0 Å². The standard InChI is InChI=1S/C31H29N2O2S.BrH/c34-23-21-32-20-19-25(27-14-7-8-15-28(27)32)11-3-1-6-18-31-33(29-16-9-10-17-30(29)36-31)22-24-35-26-12-4-2-5-13-26;/h1-20,34H,21-24H2;1H/q+1;/p-1. The summed E-state index contributed by atoms with van der Waals surface area (Å²) in [5.74, 6) is 0.892. The Labute approximate surface area is 233 Å². The summed E-state index contributed by atoms with van der Waals surface area (Å²) in [7, 11) is 0. The van der Waals surface area contributed by atoms with Gasteiger partial charge in [0.05, 0.1) is 22.6 Å². The molecule has 1 N–H and O–H groups in total. The van der Waals surface area contributed by atoms with Gasteiger partial charge in [-0.1, -0.05) is 78.5 Å². The number of pyridine rings is 1. The number of benzene rings is 3. The maximum absolute atomic E-state index is 9.35. The number of anilines is 1. The molecule has 188 valence electrons. The molecule has 6 heteroatoms. The van der Waals surface area contributed by atoms with Gasteiger partial charge in [0, 0.05) is 17.0 Å². The van der Waals surface area contributed by atoms with E-state index in [0.717, 1.165) is 23.4 Å². The van der Waals surface area contributed by atoms with Crippen molar-refractivity contribution in [1.29, 1.82) is 0 Å². The highest BCUT2D eigenvalue weighted by molar-refractivity contribution is 8.03. The van der Waals surface area contributed by atoms with E-state index in [1.54, 1.807) is 11.8 Å². The van der Waals surface area contributed by atoms with Crippen LogP contribution in [-0.4, -0.2) is 24.9 Å². The maximum atomic E-state index is 9.35. The predicted molar refractivity (Wildman–Crippen MR) is 149 cm³/mol. The highest BCUT2D eigenvalue weighted by atomic mass is 79.9. The van der Waals surface area contributed by atoms with E-state index in [4.69, 9.17) is 4.74 Å². The molecule has 0 saturated carbocycles. The van der Waals surface area contributed by atoms with Crippen LogP contribution in [0.3, 0.4) is 0 Å². The lowest BCUT2D eigenvalue weighted by atomic mass is 10.1. The number of fused-ring (bicyclic) bond motifs is 2. The van der Waals surface area contributed by atoms with E-state index in [0.29, 0.717) is 13.2 Å². The fourth-order valence-corrected chi connectivity index (χ4v) is 5.40. The van der Waals surface area contributed by atoms with Crippen LogP contribution in [0.15, 0.2) is 125 Å². The first kappa shape index (κ1) is 26.7. The zero-order chi connectivity index (χ0) is 24.6. The van der Waals surface area contributed by atoms with Crippen molar-refractivity contribution in [3.8, 4) is 5.75 Å². The summed E-state index contributed by atoms with van der Waals surface area (Å²) >= 11 is 1.79. The van der Waals surface area contributed by atoms with Gasteiger partial charge in [-0.25, -0.2) is 0 Å². The second-order valence-corrected chi connectivity index (χ2v) is 9.40. The summed E-state index contributed by atoms with van der Waals surface area (Å²) in [6, 6.07) is 28.8. The molecule has 1 aliphatic rings. The number of thioether (sulfide) groups is 1. The third-order valence-corrected chi connectivity index (χ3v) is 7.13. The molecule has 0 aliphatic carbocycles. The molecule has 4 nitrogen and oxygen atoms in total. The van der Waals surface area contributed by atoms with E-state index in [9.17, 15) is 5.11 Å². The number of rotatable bonds is 9. The van der Waals surface area contributed by atoms with Crippen LogP contribution in [0, 0.1) is 0 Å². The van der Waals surface area contributed by atoms with Gasteiger partial charge in [-0.2, -0.15) is 4.57 Å². The molecule has 3 aromatic carbocycles. The lowest BCUT2D eigenvalue weighted by molar-refractivity contribution is -0.672. The average molecular weight is 574 g/mol. The van der Waals surface area contributed by atoms with Gasteiger partial charge in [0.1, 0.15) is 19.0 Å². The number of aliphatic hydroxyl groups is 1. The lowest BCUT2D eigenvalue weighted by Gasteiger charge is -2.20. The Morgan fingerprint density at radius 2 is 1.65 bits per heavy atom. The normalized spacial score (nSPS) is 14.0. The number of ether oxygens (including phenoxy) is 1. The topological polar surface area (TPSA) is 36.6 Å². The lowest BCUT2D eigenvalue weighted by Crippen LogP contribution is -3.00. The highest BCUT2D eigenvalue weighted by Gasteiger charge is 2.24. The Morgan fingerprint density at radius 3 is 2.51 bits per heavy atom. The van der Waals surface area contributed by atoms with E-state index in [1.807, 2.05) is 48.7 Å². The minimum atomic E-state index is 0. The molecule has 0 spiro atoms. The van der Waals surface area contributed by atoms with Crippen molar-refractivity contribution in [2.24, 2.45) is 0 Å². The van der Waals surface area contributed by atoms with Crippen molar-refractivity contribution >= 4 is 34.4 Å². The van der Waals surface area contributed by atoms with Crippen molar-refractivity contribution in [2.45, 2.75) is 11.4 Å². The summed E-state index contributed by atoms with van der Waals surface area (Å²) < 4.78 is 8.04. The summed E-state index contributed by atoms with van der Waals surface area (Å²) in [5.41, 5.74) is 3.49. The van der Waals surface area contributed by atoms with Crippen LogP contribution in [-0.2, 0) is 6.54 Å². The van der Waals surface area contributed by atoms with Gasteiger partial charge >= 0.3 is 0 Å². The quantitative estimate of drug-likeness (QED) is 0.247. The first-order chi connectivity index (χ1) is 17.8. The van der Waals surface area contributed by atoms with Crippen molar-refractivity contribution < 1.29 is 31.4 Å². The summed E-state index contributed by atoms with van der Waals surface area (Å²) in [4.78, 5) is 3.58. The molecule has 0 amide bonds. The van der Waals surface area contributed by atoms with Gasteiger partial charge in [0.15, 0.2) is 12.7 Å². The Bertz CT molecular complexity index is 1420. The van der Waals surface area contributed by atoms with Crippen LogP contribution in [0.2, 0.25) is 0 Å². The van der Waals surface area contributed by atoms with E-state index >= 15 is 0 Å². The number of nitrogens with zero attached hydrogens (tertiary/aromatic N) is 2. The SMILES string of the molecule is OCC[n+]1ccc(C=CC=CC=C2Sc3ccccc3N2CCOc2ccccc2)c2ccccc21.[Br-]. The fraction of sp³-hybridized carbons (Fsp3) is 0.129. The molecule has 0 fully saturated rings. The molecule has 37 heavy (non-hydrogen) atoms. The van der Waals surface area contributed by atoms with Crippen LogP contribution in [0.4, 0.5) is 5.69 Å². The second kappa shape index (κ2) is 13.3. The Balaban J connectivity index is 0.00000320. The van der Waals surface area contributed by atoms with Crippen molar-refractivity contribution in [3.05, 3.63) is 126 Å². The molecule has 2 heterocycles. The third-order valence-electron chi connectivity index (χ3n) is 6.00. The zero-order valence-corrected chi connectivity index (χ0v) is 22.8. The number of hydrogen-bond donors (Lipinski definition) is 1. The van der Waals surface area contributed by atoms with Crippen LogP contribution in [0.5, 0.6) is 5.75 Å². The molecular formula is C31H29BrN2O2S. The molecule has 1 aromatic heterocycles. The van der Waals surface area contributed by atoms with E-state index < -0.39 is 0 Å². The molecule has 1 aliphatic heterocycles. The van der Waals surface area contributed by atoms with E-state index in [1.165, 1.54) is 21.0 Å². The molecule has 5 rings (SSSR count). The number of halogens is 1. The predicted octanol–water partition coefficient (Wildman–Crippen LogP) is 3.23. The summed E-state index contributed by atoms with van der Waals surface area (Å²) in [5, 5.41) is 11.7. The third kappa shape index (κ3) is 6.52. The molecule has 0 saturated heterocycles. The van der Waals surface area contributed by atoms with Crippen molar-refractivity contribution in [2.75, 3.05) is 24.7 Å². The Hall–Kier alpha value is -3.32. The minimum Gasteiger partial charge on any atom is -1.00 e.